The zero-order valence-corrected chi connectivity index (χ0v) is 10.0. The number of hydrogen-bond donors (Lipinski definition) is 3. The molecule has 0 unspecified atom stereocenters. The predicted octanol–water partition coefficient (Wildman–Crippen LogP) is 0.349. The van der Waals surface area contributed by atoms with E-state index in [1.807, 2.05) is 0 Å². The van der Waals surface area contributed by atoms with Crippen LogP contribution in [0, 0.1) is 0 Å². The molecule has 17 heavy (non-hydrogen) atoms. The van der Waals surface area contributed by atoms with E-state index in [0.717, 1.165) is 0 Å². The van der Waals surface area contributed by atoms with Gasteiger partial charge in [0, 0.05) is 18.7 Å². The molecule has 0 bridgehead atoms. The van der Waals surface area contributed by atoms with Crippen molar-refractivity contribution in [2.24, 2.45) is 0 Å². The summed E-state index contributed by atoms with van der Waals surface area (Å²) in [6, 6.07) is 4.58. The van der Waals surface area contributed by atoms with Crippen molar-refractivity contribution in [2.75, 3.05) is 32.0 Å². The normalized spacial score (nSPS) is 10.3. The number of aliphatic hydroxyl groups excluding tert-OH is 2. The predicted molar refractivity (Wildman–Crippen MR) is 65.9 cm³/mol. The summed E-state index contributed by atoms with van der Waals surface area (Å²) < 4.78 is 0. The molecule has 1 amide bonds. The largest absolute Gasteiger partial charge is 0.398 e. The molecule has 0 aliphatic carbocycles. The molecule has 4 N–H and O–H groups in total. The molecular weight excluding hydrogens is 244 g/mol. The van der Waals surface area contributed by atoms with E-state index in [0.29, 0.717) is 16.3 Å². The fourth-order valence-electron chi connectivity index (χ4n) is 1.40. The third-order valence-corrected chi connectivity index (χ3v) is 2.60. The first-order chi connectivity index (χ1) is 8.10. The Hall–Kier alpha value is -1.30. The topological polar surface area (TPSA) is 86.8 Å². The molecule has 0 atom stereocenters. The van der Waals surface area contributed by atoms with E-state index in [1.165, 1.54) is 11.0 Å². The maximum atomic E-state index is 12.0. The van der Waals surface area contributed by atoms with Crippen LogP contribution in [-0.4, -0.2) is 47.3 Å². The summed E-state index contributed by atoms with van der Waals surface area (Å²) in [5, 5.41) is 18.0. The Morgan fingerprint density at radius 1 is 1.29 bits per heavy atom. The molecule has 0 fully saturated rings. The van der Waals surface area contributed by atoms with Crippen molar-refractivity contribution in [3.05, 3.63) is 28.8 Å². The molecule has 0 heterocycles. The van der Waals surface area contributed by atoms with Gasteiger partial charge in [-0.1, -0.05) is 11.6 Å². The van der Waals surface area contributed by atoms with Crippen molar-refractivity contribution in [2.45, 2.75) is 0 Å². The van der Waals surface area contributed by atoms with Crippen LogP contribution >= 0.6 is 11.6 Å². The zero-order chi connectivity index (χ0) is 12.8. The Balaban J connectivity index is 2.88. The van der Waals surface area contributed by atoms with Crippen molar-refractivity contribution in [3.8, 4) is 0 Å². The second-order valence-corrected chi connectivity index (χ2v) is 3.88. The average Bonchev–Trinajstić information content (AvgIpc) is 2.31. The molecule has 0 spiro atoms. The number of nitrogen functional groups attached to an aromatic ring is 1. The van der Waals surface area contributed by atoms with E-state index in [2.05, 4.69) is 0 Å². The zero-order valence-electron chi connectivity index (χ0n) is 9.27. The number of hydrogen-bond acceptors (Lipinski definition) is 4. The SMILES string of the molecule is Nc1ccc(C(=O)N(CCO)CCO)cc1Cl. The number of anilines is 1. The van der Waals surface area contributed by atoms with Gasteiger partial charge in [-0.3, -0.25) is 4.79 Å². The Bertz CT molecular complexity index is 392. The van der Waals surface area contributed by atoms with Gasteiger partial charge in [0.15, 0.2) is 0 Å². The van der Waals surface area contributed by atoms with Crippen molar-refractivity contribution in [1.29, 1.82) is 0 Å². The molecule has 1 aromatic rings. The number of rotatable bonds is 5. The lowest BCUT2D eigenvalue weighted by Gasteiger charge is -2.20. The molecule has 0 aliphatic heterocycles. The lowest BCUT2D eigenvalue weighted by Crippen LogP contribution is -2.35. The smallest absolute Gasteiger partial charge is 0.254 e. The number of aliphatic hydroxyl groups is 2. The standard InChI is InChI=1S/C11H15ClN2O3/c12-9-7-8(1-2-10(9)13)11(17)14(3-5-15)4-6-16/h1-2,7,15-16H,3-6,13H2. The summed E-state index contributed by atoms with van der Waals surface area (Å²) in [7, 11) is 0. The van der Waals surface area contributed by atoms with E-state index in [9.17, 15) is 4.79 Å². The molecule has 6 heteroatoms. The second kappa shape index (κ2) is 6.44. The maximum absolute atomic E-state index is 12.0. The highest BCUT2D eigenvalue weighted by Gasteiger charge is 2.15. The molecule has 0 aliphatic rings. The van der Waals surface area contributed by atoms with Gasteiger partial charge in [0.25, 0.3) is 5.91 Å². The van der Waals surface area contributed by atoms with Gasteiger partial charge < -0.3 is 20.8 Å². The number of nitrogens with two attached hydrogens (primary N) is 1. The lowest BCUT2D eigenvalue weighted by atomic mass is 10.2. The molecule has 0 aromatic heterocycles. The Morgan fingerprint density at radius 3 is 2.35 bits per heavy atom. The van der Waals surface area contributed by atoms with Crippen molar-refractivity contribution in [1.82, 2.24) is 4.90 Å². The number of benzene rings is 1. The summed E-state index contributed by atoms with van der Waals surface area (Å²) in [6.45, 7) is 0.0195. The molecule has 0 saturated carbocycles. The van der Waals surface area contributed by atoms with Gasteiger partial charge >= 0.3 is 0 Å². The van der Waals surface area contributed by atoms with E-state index < -0.39 is 0 Å². The van der Waals surface area contributed by atoms with Crippen LogP contribution in [-0.2, 0) is 0 Å². The number of halogens is 1. The fraction of sp³-hybridized carbons (Fsp3) is 0.364. The number of carbonyl (C=O) groups is 1. The van der Waals surface area contributed by atoms with Crippen LogP contribution in [0.25, 0.3) is 0 Å². The van der Waals surface area contributed by atoms with E-state index in [4.69, 9.17) is 27.5 Å². The maximum Gasteiger partial charge on any atom is 0.254 e. The summed E-state index contributed by atoms with van der Waals surface area (Å²) >= 11 is 5.82. The van der Waals surface area contributed by atoms with Gasteiger partial charge in [-0.2, -0.15) is 0 Å². The molecular formula is C11H15ClN2O3. The minimum atomic E-state index is -0.296. The van der Waals surface area contributed by atoms with Crippen LogP contribution < -0.4 is 5.73 Å². The number of nitrogens with zero attached hydrogens (tertiary/aromatic N) is 1. The first-order valence-corrected chi connectivity index (χ1v) is 5.54. The van der Waals surface area contributed by atoms with Crippen molar-refractivity contribution < 1.29 is 15.0 Å². The molecule has 0 radical (unpaired) electrons. The van der Waals surface area contributed by atoms with Crippen LogP contribution in [0.4, 0.5) is 5.69 Å². The molecule has 94 valence electrons. The van der Waals surface area contributed by atoms with Crippen LogP contribution in [0.3, 0.4) is 0 Å². The Morgan fingerprint density at radius 2 is 1.88 bits per heavy atom. The van der Waals surface area contributed by atoms with E-state index >= 15 is 0 Å². The van der Waals surface area contributed by atoms with Gasteiger partial charge in [-0.15, -0.1) is 0 Å². The summed E-state index contributed by atoms with van der Waals surface area (Å²) in [4.78, 5) is 13.3. The summed E-state index contributed by atoms with van der Waals surface area (Å²) in [5.41, 5.74) is 6.33. The molecule has 1 aromatic carbocycles. The molecule has 1 rings (SSSR count). The van der Waals surface area contributed by atoms with Crippen molar-refractivity contribution in [3.63, 3.8) is 0 Å². The fourth-order valence-corrected chi connectivity index (χ4v) is 1.58. The summed E-state index contributed by atoms with van der Waals surface area (Å²) in [5.74, 6) is -0.296. The Labute approximate surface area is 104 Å². The molecule has 5 nitrogen and oxygen atoms in total. The minimum absolute atomic E-state index is 0.158. The van der Waals surface area contributed by atoms with E-state index in [-0.39, 0.29) is 32.2 Å². The minimum Gasteiger partial charge on any atom is -0.398 e. The van der Waals surface area contributed by atoms with Crippen molar-refractivity contribution >= 4 is 23.2 Å². The van der Waals surface area contributed by atoms with Gasteiger partial charge in [-0.05, 0) is 18.2 Å². The monoisotopic (exact) mass is 258 g/mol. The van der Waals surface area contributed by atoms with E-state index in [1.54, 1.807) is 12.1 Å². The highest BCUT2D eigenvalue weighted by molar-refractivity contribution is 6.33. The third-order valence-electron chi connectivity index (χ3n) is 2.27. The third kappa shape index (κ3) is 3.59. The number of carbonyl (C=O) groups excluding carboxylic acids is 1. The second-order valence-electron chi connectivity index (χ2n) is 3.48. The number of amides is 1. The highest BCUT2D eigenvalue weighted by Crippen LogP contribution is 2.20. The quantitative estimate of drug-likeness (QED) is 0.665. The first-order valence-electron chi connectivity index (χ1n) is 5.16. The molecule has 0 saturated heterocycles. The van der Waals surface area contributed by atoms with Gasteiger partial charge in [0.1, 0.15) is 0 Å². The highest BCUT2D eigenvalue weighted by atomic mass is 35.5. The van der Waals surface area contributed by atoms with Crippen LogP contribution in [0.2, 0.25) is 5.02 Å². The first kappa shape index (κ1) is 13.8. The van der Waals surface area contributed by atoms with Gasteiger partial charge in [-0.25, -0.2) is 0 Å². The van der Waals surface area contributed by atoms with Gasteiger partial charge in [0.05, 0.1) is 23.9 Å². The van der Waals surface area contributed by atoms with Crippen LogP contribution in [0.15, 0.2) is 18.2 Å². The van der Waals surface area contributed by atoms with Crippen LogP contribution in [0.5, 0.6) is 0 Å². The van der Waals surface area contributed by atoms with Crippen LogP contribution in [0.1, 0.15) is 10.4 Å². The lowest BCUT2D eigenvalue weighted by molar-refractivity contribution is 0.0685. The average molecular weight is 259 g/mol. The Kier molecular flexibility index (Phi) is 5.21. The van der Waals surface area contributed by atoms with Gasteiger partial charge in [0.2, 0.25) is 0 Å². The summed E-state index contributed by atoms with van der Waals surface area (Å²) in [6.07, 6.45) is 0.